The molecule has 2 aromatic rings. The van der Waals surface area contributed by atoms with Crippen molar-refractivity contribution in [1.82, 2.24) is 0 Å². The SMILES string of the molecule is Nc1ccc2c(c1)CCN2S(=O)(=O)c1ccccc1Br. The molecular formula is C14H13BrN2O2S. The van der Waals surface area contributed by atoms with E-state index in [4.69, 9.17) is 5.73 Å². The molecule has 0 saturated heterocycles. The Morgan fingerprint density at radius 1 is 1.15 bits per heavy atom. The van der Waals surface area contributed by atoms with E-state index in [2.05, 4.69) is 15.9 Å². The quantitative estimate of drug-likeness (QED) is 0.845. The Bertz CT molecular complexity index is 774. The number of sulfonamides is 1. The van der Waals surface area contributed by atoms with E-state index in [1.807, 2.05) is 6.07 Å². The van der Waals surface area contributed by atoms with Gasteiger partial charge in [0, 0.05) is 16.7 Å². The zero-order valence-corrected chi connectivity index (χ0v) is 13.0. The zero-order valence-electron chi connectivity index (χ0n) is 10.6. The van der Waals surface area contributed by atoms with Crippen molar-refractivity contribution >= 4 is 37.3 Å². The third-order valence-corrected chi connectivity index (χ3v) is 6.19. The second kappa shape index (κ2) is 4.79. The summed E-state index contributed by atoms with van der Waals surface area (Å²) in [5, 5.41) is 0. The van der Waals surface area contributed by atoms with Crippen LogP contribution in [-0.4, -0.2) is 15.0 Å². The summed E-state index contributed by atoms with van der Waals surface area (Å²) in [5.74, 6) is 0. The molecule has 0 aliphatic carbocycles. The van der Waals surface area contributed by atoms with Gasteiger partial charge in [-0.3, -0.25) is 4.31 Å². The Morgan fingerprint density at radius 3 is 2.65 bits per heavy atom. The normalized spacial score (nSPS) is 14.3. The maximum atomic E-state index is 12.8. The highest BCUT2D eigenvalue weighted by Crippen LogP contribution is 2.35. The van der Waals surface area contributed by atoms with Crippen molar-refractivity contribution in [2.24, 2.45) is 0 Å². The minimum atomic E-state index is -3.55. The van der Waals surface area contributed by atoms with Gasteiger partial charge in [-0.1, -0.05) is 12.1 Å². The van der Waals surface area contributed by atoms with E-state index >= 15 is 0 Å². The lowest BCUT2D eigenvalue weighted by molar-refractivity contribution is 0.592. The van der Waals surface area contributed by atoms with E-state index in [0.717, 1.165) is 11.3 Å². The fourth-order valence-corrected chi connectivity index (χ4v) is 4.88. The first-order valence-corrected chi connectivity index (χ1v) is 8.39. The largest absolute Gasteiger partial charge is 0.399 e. The minimum absolute atomic E-state index is 0.282. The molecule has 0 amide bonds. The van der Waals surface area contributed by atoms with Crippen molar-refractivity contribution in [3.05, 3.63) is 52.5 Å². The van der Waals surface area contributed by atoms with Gasteiger partial charge in [0.25, 0.3) is 10.0 Å². The monoisotopic (exact) mass is 352 g/mol. The summed E-state index contributed by atoms with van der Waals surface area (Å²) in [5.41, 5.74) is 8.09. The predicted octanol–water partition coefficient (Wildman–Crippen LogP) is 2.78. The molecule has 4 nitrogen and oxygen atoms in total. The molecule has 1 aliphatic heterocycles. The van der Waals surface area contributed by atoms with Gasteiger partial charge < -0.3 is 5.73 Å². The highest BCUT2D eigenvalue weighted by Gasteiger charge is 2.31. The highest BCUT2D eigenvalue weighted by molar-refractivity contribution is 9.10. The van der Waals surface area contributed by atoms with Crippen molar-refractivity contribution in [1.29, 1.82) is 0 Å². The van der Waals surface area contributed by atoms with Gasteiger partial charge in [-0.15, -0.1) is 0 Å². The molecule has 104 valence electrons. The number of nitrogens with two attached hydrogens (primary N) is 1. The minimum Gasteiger partial charge on any atom is -0.399 e. The molecule has 1 aliphatic rings. The lowest BCUT2D eigenvalue weighted by Gasteiger charge is -2.20. The molecule has 0 fully saturated rings. The lowest BCUT2D eigenvalue weighted by Crippen LogP contribution is -2.29. The van der Waals surface area contributed by atoms with E-state index in [1.54, 1.807) is 36.4 Å². The van der Waals surface area contributed by atoms with Crippen LogP contribution in [0.1, 0.15) is 5.56 Å². The smallest absolute Gasteiger partial charge is 0.265 e. The van der Waals surface area contributed by atoms with Gasteiger partial charge in [0.15, 0.2) is 0 Å². The van der Waals surface area contributed by atoms with Crippen LogP contribution < -0.4 is 10.0 Å². The van der Waals surface area contributed by atoms with Crippen molar-refractivity contribution in [2.75, 3.05) is 16.6 Å². The van der Waals surface area contributed by atoms with E-state index in [0.29, 0.717) is 23.1 Å². The summed E-state index contributed by atoms with van der Waals surface area (Å²) in [6.45, 7) is 0.447. The van der Waals surface area contributed by atoms with E-state index < -0.39 is 10.0 Å². The standard InChI is InChI=1S/C14H13BrN2O2S/c15-12-3-1-2-4-14(12)20(18,19)17-8-7-10-9-11(16)5-6-13(10)17/h1-6,9H,7-8,16H2. The third kappa shape index (κ3) is 2.09. The van der Waals surface area contributed by atoms with Gasteiger partial charge >= 0.3 is 0 Å². The van der Waals surface area contributed by atoms with E-state index in [-0.39, 0.29) is 4.90 Å². The number of fused-ring (bicyclic) bond motifs is 1. The third-order valence-electron chi connectivity index (χ3n) is 3.36. The van der Waals surface area contributed by atoms with Gasteiger partial charge in [0.1, 0.15) is 4.90 Å². The molecule has 2 aromatic carbocycles. The van der Waals surface area contributed by atoms with Crippen LogP contribution >= 0.6 is 15.9 Å². The number of nitrogen functional groups attached to an aromatic ring is 1. The summed E-state index contributed by atoms with van der Waals surface area (Å²) in [6, 6.07) is 12.2. The van der Waals surface area contributed by atoms with Crippen LogP contribution in [0.5, 0.6) is 0 Å². The summed E-state index contributed by atoms with van der Waals surface area (Å²) >= 11 is 3.30. The van der Waals surface area contributed by atoms with Crippen LogP contribution in [0, 0.1) is 0 Å². The molecule has 0 aromatic heterocycles. The topological polar surface area (TPSA) is 63.4 Å². The van der Waals surface area contributed by atoms with Crippen LogP contribution in [0.4, 0.5) is 11.4 Å². The highest BCUT2D eigenvalue weighted by atomic mass is 79.9. The summed E-state index contributed by atoms with van der Waals surface area (Å²) in [6.07, 6.45) is 0.685. The van der Waals surface area contributed by atoms with Gasteiger partial charge in [-0.25, -0.2) is 8.42 Å². The fourth-order valence-electron chi connectivity index (χ4n) is 2.41. The molecule has 0 spiro atoms. The number of halogens is 1. The Labute approximate surface area is 126 Å². The Balaban J connectivity index is 2.10. The Kier molecular flexibility index (Phi) is 3.22. The Morgan fingerprint density at radius 2 is 1.90 bits per heavy atom. The number of anilines is 2. The van der Waals surface area contributed by atoms with Crippen LogP contribution in [0.2, 0.25) is 0 Å². The molecule has 0 bridgehead atoms. The first-order chi connectivity index (χ1) is 9.50. The number of hydrogen-bond acceptors (Lipinski definition) is 3. The first kappa shape index (κ1) is 13.5. The zero-order chi connectivity index (χ0) is 14.3. The van der Waals surface area contributed by atoms with Crippen molar-refractivity contribution < 1.29 is 8.42 Å². The molecule has 20 heavy (non-hydrogen) atoms. The number of hydrogen-bond donors (Lipinski definition) is 1. The van der Waals surface area contributed by atoms with Crippen LogP contribution in [-0.2, 0) is 16.4 Å². The van der Waals surface area contributed by atoms with Gasteiger partial charge in [0.2, 0.25) is 0 Å². The second-order valence-corrected chi connectivity index (χ2v) is 7.33. The second-order valence-electron chi connectivity index (χ2n) is 4.65. The number of benzene rings is 2. The molecular weight excluding hydrogens is 340 g/mol. The van der Waals surface area contributed by atoms with E-state index in [1.165, 1.54) is 4.31 Å². The van der Waals surface area contributed by atoms with E-state index in [9.17, 15) is 8.42 Å². The molecule has 3 rings (SSSR count). The van der Waals surface area contributed by atoms with Gasteiger partial charge in [-0.2, -0.15) is 0 Å². The maximum absolute atomic E-state index is 12.8. The maximum Gasteiger partial charge on any atom is 0.265 e. The summed E-state index contributed by atoms with van der Waals surface area (Å²) < 4.78 is 27.6. The molecule has 1 heterocycles. The number of nitrogens with zero attached hydrogens (tertiary/aromatic N) is 1. The Hall–Kier alpha value is -1.53. The van der Waals surface area contributed by atoms with Crippen LogP contribution in [0.15, 0.2) is 51.8 Å². The van der Waals surface area contributed by atoms with Crippen molar-refractivity contribution in [3.8, 4) is 0 Å². The molecule has 0 unspecified atom stereocenters. The molecule has 2 N–H and O–H groups in total. The predicted molar refractivity (Wildman–Crippen MR) is 83.2 cm³/mol. The number of rotatable bonds is 2. The van der Waals surface area contributed by atoms with Crippen molar-refractivity contribution in [3.63, 3.8) is 0 Å². The molecule has 0 atom stereocenters. The fraction of sp³-hybridized carbons (Fsp3) is 0.143. The summed E-state index contributed by atoms with van der Waals surface area (Å²) in [4.78, 5) is 0.282. The van der Waals surface area contributed by atoms with Crippen LogP contribution in [0.25, 0.3) is 0 Å². The van der Waals surface area contributed by atoms with Crippen molar-refractivity contribution in [2.45, 2.75) is 11.3 Å². The average Bonchev–Trinajstić information content (AvgIpc) is 2.82. The summed E-state index contributed by atoms with van der Waals surface area (Å²) in [7, 11) is -3.55. The average molecular weight is 353 g/mol. The van der Waals surface area contributed by atoms with Gasteiger partial charge in [0.05, 0.1) is 5.69 Å². The molecule has 0 saturated carbocycles. The van der Waals surface area contributed by atoms with Crippen LogP contribution in [0.3, 0.4) is 0 Å². The van der Waals surface area contributed by atoms with Gasteiger partial charge in [-0.05, 0) is 58.2 Å². The lowest BCUT2D eigenvalue weighted by atomic mass is 10.1. The first-order valence-electron chi connectivity index (χ1n) is 6.16. The molecule has 6 heteroatoms. The molecule has 0 radical (unpaired) electrons.